The SMILES string of the molecule is CC[C@H]1C=CC(c2cc[n+](-c3ccc(C(=O)c4ccc(O)cc4)cc3)cc2)=CC1. The van der Waals surface area contributed by atoms with E-state index in [-0.39, 0.29) is 11.5 Å². The average Bonchev–Trinajstić information content (AvgIpc) is 2.79. The highest BCUT2D eigenvalue weighted by molar-refractivity contribution is 6.09. The molecule has 3 heteroatoms. The molecular formula is C26H24NO2+. The van der Waals surface area contributed by atoms with E-state index < -0.39 is 0 Å². The first-order chi connectivity index (χ1) is 14.1. The number of rotatable bonds is 5. The van der Waals surface area contributed by atoms with Crippen LogP contribution >= 0.6 is 0 Å². The Hall–Kier alpha value is -3.46. The maximum atomic E-state index is 12.6. The predicted molar refractivity (Wildman–Crippen MR) is 115 cm³/mol. The first-order valence-electron chi connectivity index (χ1n) is 9.98. The Morgan fingerprint density at radius 1 is 0.966 bits per heavy atom. The zero-order valence-electron chi connectivity index (χ0n) is 16.5. The summed E-state index contributed by atoms with van der Waals surface area (Å²) in [5.41, 5.74) is 4.67. The van der Waals surface area contributed by atoms with Crippen LogP contribution in [-0.4, -0.2) is 10.9 Å². The quantitative estimate of drug-likeness (QED) is 0.482. The zero-order chi connectivity index (χ0) is 20.2. The molecule has 1 aliphatic rings. The number of carbonyl (C=O) groups is 1. The number of phenols is 1. The largest absolute Gasteiger partial charge is 0.508 e. The van der Waals surface area contributed by atoms with Crippen LogP contribution in [0, 0.1) is 5.92 Å². The zero-order valence-corrected chi connectivity index (χ0v) is 16.5. The van der Waals surface area contributed by atoms with E-state index in [9.17, 15) is 9.90 Å². The van der Waals surface area contributed by atoms with Gasteiger partial charge in [0.2, 0.25) is 5.69 Å². The summed E-state index contributed by atoms with van der Waals surface area (Å²) in [6.07, 6.45) is 13.2. The minimum Gasteiger partial charge on any atom is -0.508 e. The maximum absolute atomic E-state index is 12.6. The average molecular weight is 382 g/mol. The number of benzene rings is 2. The molecule has 1 aliphatic carbocycles. The number of allylic oxidation sites excluding steroid dienone is 4. The Morgan fingerprint density at radius 3 is 2.14 bits per heavy atom. The molecule has 0 amide bonds. The van der Waals surface area contributed by atoms with Crippen molar-refractivity contribution in [3.05, 3.63) is 108 Å². The second-order valence-electron chi connectivity index (χ2n) is 7.34. The van der Waals surface area contributed by atoms with Crippen molar-refractivity contribution in [2.24, 2.45) is 5.92 Å². The molecule has 3 aromatic rings. The number of hydrogen-bond acceptors (Lipinski definition) is 2. The van der Waals surface area contributed by atoms with Gasteiger partial charge in [-0.1, -0.05) is 25.2 Å². The second kappa shape index (κ2) is 8.27. The van der Waals surface area contributed by atoms with Gasteiger partial charge in [0, 0.05) is 35.4 Å². The number of phenolic OH excluding ortho intramolecular Hbond substituents is 1. The van der Waals surface area contributed by atoms with Crippen LogP contribution in [0.3, 0.4) is 0 Å². The lowest BCUT2D eigenvalue weighted by Crippen LogP contribution is -2.29. The van der Waals surface area contributed by atoms with E-state index in [0.29, 0.717) is 17.0 Å². The second-order valence-corrected chi connectivity index (χ2v) is 7.34. The van der Waals surface area contributed by atoms with Gasteiger partial charge in [-0.3, -0.25) is 4.79 Å². The summed E-state index contributed by atoms with van der Waals surface area (Å²) in [5, 5.41) is 9.38. The fraction of sp³-hybridized carbons (Fsp3) is 0.154. The van der Waals surface area contributed by atoms with Crippen LogP contribution in [0.2, 0.25) is 0 Å². The molecule has 1 atom stereocenters. The molecule has 2 aromatic carbocycles. The molecule has 0 aliphatic heterocycles. The van der Waals surface area contributed by atoms with Gasteiger partial charge in [0.25, 0.3) is 0 Å². The van der Waals surface area contributed by atoms with Crippen molar-refractivity contribution < 1.29 is 14.5 Å². The van der Waals surface area contributed by atoms with Crippen LogP contribution in [-0.2, 0) is 0 Å². The van der Waals surface area contributed by atoms with Crippen molar-refractivity contribution >= 4 is 11.4 Å². The lowest BCUT2D eigenvalue weighted by atomic mass is 9.92. The highest BCUT2D eigenvalue weighted by Crippen LogP contribution is 2.25. The topological polar surface area (TPSA) is 41.2 Å². The third-order valence-corrected chi connectivity index (χ3v) is 5.43. The number of carbonyl (C=O) groups excluding carboxylic acids is 1. The molecule has 4 rings (SSSR count). The smallest absolute Gasteiger partial charge is 0.210 e. The van der Waals surface area contributed by atoms with Gasteiger partial charge in [-0.25, -0.2) is 0 Å². The third-order valence-electron chi connectivity index (χ3n) is 5.43. The number of aromatic hydroxyl groups is 1. The van der Waals surface area contributed by atoms with Gasteiger partial charge < -0.3 is 5.11 Å². The Balaban J connectivity index is 1.49. The third kappa shape index (κ3) is 4.19. The molecule has 1 N–H and O–H groups in total. The summed E-state index contributed by atoms with van der Waals surface area (Å²) < 4.78 is 2.04. The molecule has 0 saturated heterocycles. The van der Waals surface area contributed by atoms with Crippen molar-refractivity contribution in [3.8, 4) is 11.4 Å². The van der Waals surface area contributed by atoms with E-state index in [1.807, 2.05) is 41.2 Å². The lowest BCUT2D eigenvalue weighted by molar-refractivity contribution is -0.595. The van der Waals surface area contributed by atoms with Crippen LogP contribution in [0.1, 0.15) is 41.3 Å². The molecule has 1 heterocycles. The van der Waals surface area contributed by atoms with Crippen LogP contribution in [0.4, 0.5) is 0 Å². The Morgan fingerprint density at radius 2 is 1.59 bits per heavy atom. The van der Waals surface area contributed by atoms with E-state index in [1.54, 1.807) is 12.1 Å². The Kier molecular flexibility index (Phi) is 5.39. The predicted octanol–water partition coefficient (Wildman–Crippen LogP) is 5.27. The Bertz CT molecular complexity index is 1060. The van der Waals surface area contributed by atoms with E-state index in [1.165, 1.54) is 29.7 Å². The molecule has 29 heavy (non-hydrogen) atoms. The highest BCUT2D eigenvalue weighted by atomic mass is 16.3. The molecular weight excluding hydrogens is 358 g/mol. The minimum absolute atomic E-state index is 0.0571. The molecule has 1 aromatic heterocycles. The molecule has 144 valence electrons. The number of hydrogen-bond donors (Lipinski definition) is 1. The van der Waals surface area contributed by atoms with Gasteiger partial charge >= 0.3 is 0 Å². The molecule has 0 spiro atoms. The summed E-state index contributed by atoms with van der Waals surface area (Å²) >= 11 is 0. The highest BCUT2D eigenvalue weighted by Gasteiger charge is 2.13. The van der Waals surface area contributed by atoms with Crippen molar-refractivity contribution in [2.75, 3.05) is 0 Å². The standard InChI is InChI=1S/C26H23NO2/c1-2-19-3-5-20(6-4-19)21-15-17-27(18-16-21)24-11-7-22(8-12-24)26(29)23-9-13-25(28)14-10-23/h3,5-19H,2,4H2,1H3/p+1/t19-/m0/s1. The maximum Gasteiger partial charge on any atom is 0.210 e. The van der Waals surface area contributed by atoms with E-state index in [4.69, 9.17) is 0 Å². The summed E-state index contributed by atoms with van der Waals surface area (Å²) in [5.74, 6) is 0.759. The number of aromatic nitrogens is 1. The van der Waals surface area contributed by atoms with Crippen LogP contribution in [0.15, 0.2) is 91.3 Å². The number of nitrogens with zero attached hydrogens (tertiary/aromatic N) is 1. The lowest BCUT2D eigenvalue weighted by Gasteiger charge is -2.13. The van der Waals surface area contributed by atoms with Gasteiger partial charge in [0.1, 0.15) is 5.75 Å². The van der Waals surface area contributed by atoms with Gasteiger partial charge in [-0.2, -0.15) is 4.57 Å². The summed E-state index contributed by atoms with van der Waals surface area (Å²) in [6, 6.07) is 18.1. The van der Waals surface area contributed by atoms with Crippen molar-refractivity contribution in [1.29, 1.82) is 0 Å². The van der Waals surface area contributed by atoms with Gasteiger partial charge in [0.15, 0.2) is 18.2 Å². The van der Waals surface area contributed by atoms with Crippen LogP contribution in [0.25, 0.3) is 11.3 Å². The van der Waals surface area contributed by atoms with Crippen LogP contribution in [0.5, 0.6) is 5.75 Å². The fourth-order valence-corrected chi connectivity index (χ4v) is 3.54. The van der Waals surface area contributed by atoms with Gasteiger partial charge in [0.05, 0.1) is 0 Å². The fourth-order valence-electron chi connectivity index (χ4n) is 3.54. The summed E-state index contributed by atoms with van der Waals surface area (Å²) in [4.78, 5) is 12.6. The van der Waals surface area contributed by atoms with E-state index in [2.05, 4.69) is 37.3 Å². The molecule has 0 fully saturated rings. The molecule has 0 radical (unpaired) electrons. The minimum atomic E-state index is -0.0571. The van der Waals surface area contributed by atoms with Gasteiger partial charge in [-0.15, -0.1) is 0 Å². The molecule has 3 nitrogen and oxygen atoms in total. The van der Waals surface area contributed by atoms with E-state index in [0.717, 1.165) is 12.1 Å². The molecule has 0 unspecified atom stereocenters. The summed E-state index contributed by atoms with van der Waals surface area (Å²) in [6.45, 7) is 2.23. The normalized spacial score (nSPS) is 15.8. The first kappa shape index (κ1) is 18.9. The van der Waals surface area contributed by atoms with Gasteiger partial charge in [-0.05, 0) is 66.3 Å². The molecule has 0 bridgehead atoms. The van der Waals surface area contributed by atoms with Crippen molar-refractivity contribution in [2.45, 2.75) is 19.8 Å². The molecule has 0 saturated carbocycles. The van der Waals surface area contributed by atoms with Crippen molar-refractivity contribution in [3.63, 3.8) is 0 Å². The van der Waals surface area contributed by atoms with Crippen molar-refractivity contribution in [1.82, 2.24) is 0 Å². The summed E-state index contributed by atoms with van der Waals surface area (Å²) in [7, 11) is 0. The van der Waals surface area contributed by atoms with E-state index >= 15 is 0 Å². The number of pyridine rings is 1. The first-order valence-corrected chi connectivity index (χ1v) is 9.98. The monoisotopic (exact) mass is 382 g/mol. The number of ketones is 1. The van der Waals surface area contributed by atoms with Crippen LogP contribution < -0.4 is 4.57 Å². The Labute approximate surface area is 171 Å².